The van der Waals surface area contributed by atoms with Crippen molar-refractivity contribution >= 4 is 21.8 Å². The van der Waals surface area contributed by atoms with Crippen molar-refractivity contribution in [3.05, 3.63) is 47.5 Å². The molecular formula is C18H21N. The van der Waals surface area contributed by atoms with E-state index in [1.807, 2.05) is 0 Å². The number of rotatable bonds is 0. The Morgan fingerprint density at radius 1 is 0.895 bits per heavy atom. The number of benzene rings is 2. The van der Waals surface area contributed by atoms with E-state index in [1.165, 1.54) is 32.9 Å². The number of aromatic nitrogens is 1. The van der Waals surface area contributed by atoms with Crippen LogP contribution in [0.5, 0.6) is 0 Å². The number of nitrogens with zero attached hydrogens (tertiary/aromatic N) is 1. The molecule has 3 aromatic rings. The Hall–Kier alpha value is -1.76. The van der Waals surface area contributed by atoms with E-state index in [1.54, 1.807) is 0 Å². The van der Waals surface area contributed by atoms with Crippen LogP contribution in [0.25, 0.3) is 21.8 Å². The van der Waals surface area contributed by atoms with E-state index < -0.39 is 0 Å². The minimum atomic E-state index is 0.158. The van der Waals surface area contributed by atoms with Gasteiger partial charge in [-0.1, -0.05) is 51.1 Å². The normalized spacial score (nSPS) is 12.5. The Balaban J connectivity index is 2.60. The van der Waals surface area contributed by atoms with E-state index in [9.17, 15) is 0 Å². The first kappa shape index (κ1) is 12.3. The maximum Gasteiger partial charge on any atom is 0.0529 e. The van der Waals surface area contributed by atoms with Crippen LogP contribution in [0.3, 0.4) is 0 Å². The Labute approximate surface area is 114 Å². The van der Waals surface area contributed by atoms with Crippen LogP contribution in [-0.2, 0) is 12.5 Å². The summed E-state index contributed by atoms with van der Waals surface area (Å²) in [5.74, 6) is 0. The fourth-order valence-electron chi connectivity index (χ4n) is 3.32. The highest BCUT2D eigenvalue weighted by atomic mass is 14.9. The predicted octanol–water partition coefficient (Wildman–Crippen LogP) is 4.94. The molecular weight excluding hydrogens is 230 g/mol. The molecule has 0 unspecified atom stereocenters. The molecule has 0 saturated carbocycles. The van der Waals surface area contributed by atoms with E-state index >= 15 is 0 Å². The van der Waals surface area contributed by atoms with E-state index in [4.69, 9.17) is 0 Å². The van der Waals surface area contributed by atoms with Crippen LogP contribution in [0.1, 0.15) is 31.9 Å². The number of para-hydroxylation sites is 1. The van der Waals surface area contributed by atoms with Crippen molar-refractivity contribution in [2.45, 2.75) is 33.1 Å². The molecule has 0 N–H and O–H groups in total. The number of hydrogen-bond acceptors (Lipinski definition) is 0. The topological polar surface area (TPSA) is 4.93 Å². The van der Waals surface area contributed by atoms with Crippen molar-refractivity contribution in [3.8, 4) is 0 Å². The lowest BCUT2D eigenvalue weighted by atomic mass is 9.82. The van der Waals surface area contributed by atoms with Gasteiger partial charge >= 0.3 is 0 Å². The standard InChI is InChI=1S/C18H21N/c1-12-10-11-14-13-8-6-7-9-15(13)19(5)17(14)16(12)18(2,3)4/h6-11H,1-5H3. The number of aryl methyl sites for hydroxylation is 2. The molecule has 0 spiro atoms. The van der Waals surface area contributed by atoms with Crippen molar-refractivity contribution in [2.75, 3.05) is 0 Å². The van der Waals surface area contributed by atoms with Gasteiger partial charge in [-0.3, -0.25) is 0 Å². The molecule has 0 radical (unpaired) electrons. The molecule has 1 heterocycles. The van der Waals surface area contributed by atoms with Crippen LogP contribution in [0.2, 0.25) is 0 Å². The maximum atomic E-state index is 2.35. The fourth-order valence-corrected chi connectivity index (χ4v) is 3.32. The minimum Gasteiger partial charge on any atom is -0.343 e. The van der Waals surface area contributed by atoms with Crippen LogP contribution in [0.4, 0.5) is 0 Å². The molecule has 1 nitrogen and oxygen atoms in total. The van der Waals surface area contributed by atoms with Crippen molar-refractivity contribution in [1.82, 2.24) is 4.57 Å². The summed E-state index contributed by atoms with van der Waals surface area (Å²) in [5.41, 5.74) is 5.70. The molecule has 0 bridgehead atoms. The average molecular weight is 251 g/mol. The van der Waals surface area contributed by atoms with Crippen LogP contribution < -0.4 is 0 Å². The SMILES string of the molecule is Cc1ccc2c3ccccc3n(C)c2c1C(C)(C)C. The molecule has 0 amide bonds. The first-order valence-corrected chi connectivity index (χ1v) is 6.88. The van der Waals surface area contributed by atoms with Crippen molar-refractivity contribution in [3.63, 3.8) is 0 Å². The summed E-state index contributed by atoms with van der Waals surface area (Å²) in [6.45, 7) is 9.11. The van der Waals surface area contributed by atoms with Gasteiger partial charge in [-0.2, -0.15) is 0 Å². The van der Waals surface area contributed by atoms with Gasteiger partial charge in [0, 0.05) is 23.3 Å². The summed E-state index contributed by atoms with van der Waals surface area (Å²) in [5, 5.41) is 2.72. The summed E-state index contributed by atoms with van der Waals surface area (Å²) in [4.78, 5) is 0. The Morgan fingerprint density at radius 2 is 1.58 bits per heavy atom. The van der Waals surface area contributed by atoms with Gasteiger partial charge in [0.05, 0.1) is 5.52 Å². The highest BCUT2D eigenvalue weighted by Crippen LogP contribution is 2.37. The minimum absolute atomic E-state index is 0.158. The first-order chi connectivity index (χ1) is 8.91. The highest BCUT2D eigenvalue weighted by molar-refractivity contribution is 6.09. The second-order valence-electron chi connectivity index (χ2n) is 6.48. The Kier molecular flexibility index (Phi) is 2.50. The van der Waals surface area contributed by atoms with Gasteiger partial charge in [0.2, 0.25) is 0 Å². The van der Waals surface area contributed by atoms with E-state index in [-0.39, 0.29) is 5.41 Å². The molecule has 0 atom stereocenters. The second-order valence-corrected chi connectivity index (χ2v) is 6.48. The Bertz CT molecular complexity index is 770. The zero-order chi connectivity index (χ0) is 13.8. The molecule has 1 heteroatoms. The zero-order valence-corrected chi connectivity index (χ0v) is 12.4. The van der Waals surface area contributed by atoms with E-state index in [0.29, 0.717) is 0 Å². The summed E-state index contributed by atoms with van der Waals surface area (Å²) in [6.07, 6.45) is 0. The molecule has 1 aromatic heterocycles. The Morgan fingerprint density at radius 3 is 2.26 bits per heavy atom. The largest absolute Gasteiger partial charge is 0.343 e. The quantitative estimate of drug-likeness (QED) is 0.533. The van der Waals surface area contributed by atoms with E-state index in [2.05, 4.69) is 75.7 Å². The van der Waals surface area contributed by atoms with Crippen molar-refractivity contribution in [2.24, 2.45) is 7.05 Å². The van der Waals surface area contributed by atoms with Crippen LogP contribution in [-0.4, -0.2) is 4.57 Å². The molecule has 0 aliphatic heterocycles. The molecule has 2 aromatic carbocycles. The van der Waals surface area contributed by atoms with Gasteiger partial charge in [-0.15, -0.1) is 0 Å². The van der Waals surface area contributed by atoms with Gasteiger partial charge in [0.1, 0.15) is 0 Å². The molecule has 98 valence electrons. The van der Waals surface area contributed by atoms with Gasteiger partial charge in [0.25, 0.3) is 0 Å². The van der Waals surface area contributed by atoms with Crippen molar-refractivity contribution in [1.29, 1.82) is 0 Å². The molecule has 0 aliphatic rings. The third-order valence-electron chi connectivity index (χ3n) is 4.03. The summed E-state index contributed by atoms with van der Waals surface area (Å²) < 4.78 is 2.35. The lowest BCUT2D eigenvalue weighted by molar-refractivity contribution is 0.589. The third kappa shape index (κ3) is 1.68. The van der Waals surface area contributed by atoms with Crippen LogP contribution in [0.15, 0.2) is 36.4 Å². The summed E-state index contributed by atoms with van der Waals surface area (Å²) >= 11 is 0. The van der Waals surface area contributed by atoms with Crippen molar-refractivity contribution < 1.29 is 0 Å². The zero-order valence-electron chi connectivity index (χ0n) is 12.4. The van der Waals surface area contributed by atoms with E-state index in [0.717, 1.165) is 0 Å². The number of hydrogen-bond donors (Lipinski definition) is 0. The third-order valence-corrected chi connectivity index (χ3v) is 4.03. The first-order valence-electron chi connectivity index (χ1n) is 6.88. The maximum absolute atomic E-state index is 2.35. The smallest absolute Gasteiger partial charge is 0.0529 e. The highest BCUT2D eigenvalue weighted by Gasteiger charge is 2.22. The van der Waals surface area contributed by atoms with Crippen LogP contribution in [0, 0.1) is 6.92 Å². The van der Waals surface area contributed by atoms with Gasteiger partial charge in [0.15, 0.2) is 0 Å². The van der Waals surface area contributed by atoms with Gasteiger partial charge in [-0.25, -0.2) is 0 Å². The van der Waals surface area contributed by atoms with Crippen LogP contribution >= 0.6 is 0 Å². The second kappa shape index (κ2) is 3.86. The monoisotopic (exact) mass is 251 g/mol. The predicted molar refractivity (Wildman–Crippen MR) is 83.9 cm³/mol. The number of fused-ring (bicyclic) bond motifs is 3. The lowest BCUT2D eigenvalue weighted by Crippen LogP contribution is -2.15. The molecule has 0 saturated heterocycles. The molecule has 0 fully saturated rings. The summed E-state index contributed by atoms with van der Waals surface area (Å²) in [7, 11) is 2.18. The molecule has 3 rings (SSSR count). The molecule has 0 aliphatic carbocycles. The summed E-state index contributed by atoms with van der Waals surface area (Å²) in [6, 6.07) is 13.2. The lowest BCUT2D eigenvalue weighted by Gasteiger charge is -2.23. The van der Waals surface area contributed by atoms with Gasteiger partial charge < -0.3 is 4.57 Å². The molecule has 19 heavy (non-hydrogen) atoms. The van der Waals surface area contributed by atoms with Gasteiger partial charge in [-0.05, 0) is 29.5 Å². The average Bonchev–Trinajstić information content (AvgIpc) is 2.62. The fraction of sp³-hybridized carbons (Fsp3) is 0.333.